The van der Waals surface area contributed by atoms with Crippen LogP contribution in [0.15, 0.2) is 18.3 Å². The Labute approximate surface area is 96.8 Å². The van der Waals surface area contributed by atoms with Gasteiger partial charge >= 0.3 is 0 Å². The van der Waals surface area contributed by atoms with Gasteiger partial charge in [-0.3, -0.25) is 4.98 Å². The van der Waals surface area contributed by atoms with Crippen LogP contribution in [0.3, 0.4) is 0 Å². The summed E-state index contributed by atoms with van der Waals surface area (Å²) in [4.78, 5) is 4.24. The summed E-state index contributed by atoms with van der Waals surface area (Å²) in [7, 11) is 0. The highest BCUT2D eigenvalue weighted by Gasteiger charge is 1.97. The first-order chi connectivity index (χ1) is 7.72. The maximum atomic E-state index is 5.48. The molecule has 0 aliphatic carbocycles. The lowest BCUT2D eigenvalue weighted by Crippen LogP contribution is -2.09. The lowest BCUT2D eigenvalue weighted by Gasteiger charge is -2.08. The molecule has 4 nitrogen and oxygen atoms in total. The van der Waals surface area contributed by atoms with E-state index in [1.54, 1.807) is 6.20 Å². The van der Waals surface area contributed by atoms with Crippen molar-refractivity contribution < 1.29 is 9.47 Å². The van der Waals surface area contributed by atoms with E-state index < -0.39 is 0 Å². The Kier molecular flexibility index (Phi) is 6.00. The maximum absolute atomic E-state index is 5.48. The van der Waals surface area contributed by atoms with Gasteiger partial charge in [0.1, 0.15) is 0 Å². The zero-order valence-electron chi connectivity index (χ0n) is 9.98. The van der Waals surface area contributed by atoms with Crippen LogP contribution in [0, 0.1) is 0 Å². The summed E-state index contributed by atoms with van der Waals surface area (Å²) < 4.78 is 10.8. The molecule has 16 heavy (non-hydrogen) atoms. The van der Waals surface area contributed by atoms with Crippen molar-refractivity contribution >= 4 is 0 Å². The number of ether oxygens (including phenoxy) is 2. The number of rotatable bonds is 7. The minimum atomic E-state index is 0.255. The molecule has 0 aliphatic heterocycles. The molecule has 1 aromatic rings. The minimum absolute atomic E-state index is 0.255. The largest absolute Gasteiger partial charge is 0.376 e. The third-order valence-corrected chi connectivity index (χ3v) is 2.05. The topological polar surface area (TPSA) is 57.4 Å². The van der Waals surface area contributed by atoms with Crippen LogP contribution in [0.1, 0.15) is 25.1 Å². The fourth-order valence-electron chi connectivity index (χ4n) is 1.18. The third-order valence-electron chi connectivity index (χ3n) is 2.05. The Hall–Kier alpha value is -0.970. The van der Waals surface area contributed by atoms with Gasteiger partial charge in [-0.1, -0.05) is 6.07 Å². The van der Waals surface area contributed by atoms with Gasteiger partial charge in [-0.15, -0.1) is 0 Å². The van der Waals surface area contributed by atoms with Gasteiger partial charge in [0.05, 0.1) is 31.6 Å². The van der Waals surface area contributed by atoms with E-state index in [-0.39, 0.29) is 6.10 Å². The predicted molar refractivity (Wildman–Crippen MR) is 62.9 cm³/mol. The smallest absolute Gasteiger partial charge is 0.0889 e. The molecule has 90 valence electrons. The summed E-state index contributed by atoms with van der Waals surface area (Å²) >= 11 is 0. The van der Waals surface area contributed by atoms with Crippen molar-refractivity contribution in [2.45, 2.75) is 33.1 Å². The summed E-state index contributed by atoms with van der Waals surface area (Å²) in [5.41, 5.74) is 7.43. The fourth-order valence-corrected chi connectivity index (χ4v) is 1.18. The summed E-state index contributed by atoms with van der Waals surface area (Å²) in [6.45, 7) is 6.28. The highest BCUT2D eigenvalue weighted by atomic mass is 16.5. The van der Waals surface area contributed by atoms with Crippen molar-refractivity contribution in [1.29, 1.82) is 0 Å². The molecule has 0 spiro atoms. The summed E-state index contributed by atoms with van der Waals surface area (Å²) in [5, 5.41) is 0. The molecule has 0 saturated carbocycles. The third kappa shape index (κ3) is 5.21. The second kappa shape index (κ2) is 7.33. The Morgan fingerprint density at radius 3 is 2.69 bits per heavy atom. The summed E-state index contributed by atoms with van der Waals surface area (Å²) in [6, 6.07) is 3.90. The zero-order valence-corrected chi connectivity index (χ0v) is 9.98. The van der Waals surface area contributed by atoms with Crippen LogP contribution in [-0.2, 0) is 22.6 Å². The highest BCUT2D eigenvalue weighted by molar-refractivity contribution is 5.13. The van der Waals surface area contributed by atoms with Crippen LogP contribution in [-0.4, -0.2) is 24.3 Å². The molecule has 0 amide bonds. The number of hydrogen-bond acceptors (Lipinski definition) is 4. The lowest BCUT2D eigenvalue weighted by atomic mass is 10.2. The Morgan fingerprint density at radius 2 is 2.12 bits per heavy atom. The predicted octanol–water partition coefficient (Wildman–Crippen LogP) is 1.48. The van der Waals surface area contributed by atoms with E-state index >= 15 is 0 Å². The quantitative estimate of drug-likeness (QED) is 0.713. The molecule has 0 bridgehead atoms. The molecule has 1 rings (SSSR count). The molecule has 1 heterocycles. The Bertz CT molecular complexity index is 286. The molecule has 1 aromatic heterocycles. The van der Waals surface area contributed by atoms with Crippen LogP contribution in [0.5, 0.6) is 0 Å². The molecule has 0 saturated heterocycles. The maximum Gasteiger partial charge on any atom is 0.0889 e. The normalized spacial score (nSPS) is 11.0. The molecule has 4 heteroatoms. The van der Waals surface area contributed by atoms with Crippen LogP contribution < -0.4 is 5.73 Å². The van der Waals surface area contributed by atoms with Crippen molar-refractivity contribution in [1.82, 2.24) is 4.98 Å². The van der Waals surface area contributed by atoms with Crippen LogP contribution in [0.25, 0.3) is 0 Å². The summed E-state index contributed by atoms with van der Waals surface area (Å²) in [5.74, 6) is 0. The van der Waals surface area contributed by atoms with E-state index in [1.165, 1.54) is 0 Å². The van der Waals surface area contributed by atoms with Gasteiger partial charge in [-0.05, 0) is 25.5 Å². The molecule has 0 unspecified atom stereocenters. The molecule has 0 radical (unpaired) electrons. The molecule has 0 fully saturated rings. The summed E-state index contributed by atoms with van der Waals surface area (Å²) in [6.07, 6.45) is 2.04. The van der Waals surface area contributed by atoms with Crippen LogP contribution >= 0.6 is 0 Å². The second-order valence-electron chi connectivity index (χ2n) is 3.83. The molecular formula is C12H20N2O2. The molecule has 0 aliphatic rings. The Balaban J connectivity index is 2.16. The number of nitrogens with zero attached hydrogens (tertiary/aromatic N) is 1. The first-order valence-corrected chi connectivity index (χ1v) is 5.55. The van der Waals surface area contributed by atoms with E-state index in [1.807, 2.05) is 26.0 Å². The molecule has 0 atom stereocenters. The fraction of sp³-hybridized carbons (Fsp3) is 0.583. The number of aromatic nitrogens is 1. The van der Waals surface area contributed by atoms with E-state index in [2.05, 4.69) is 4.98 Å². The SMILES string of the molecule is CC(C)OCCOCc1ccc(CN)cn1. The van der Waals surface area contributed by atoms with Gasteiger partial charge in [0, 0.05) is 12.7 Å². The average Bonchev–Trinajstić information content (AvgIpc) is 2.29. The van der Waals surface area contributed by atoms with Gasteiger partial charge in [-0.25, -0.2) is 0 Å². The second-order valence-corrected chi connectivity index (χ2v) is 3.83. The van der Waals surface area contributed by atoms with Crippen molar-refractivity contribution in [3.8, 4) is 0 Å². The van der Waals surface area contributed by atoms with Crippen LogP contribution in [0.2, 0.25) is 0 Å². The van der Waals surface area contributed by atoms with Gasteiger partial charge in [0.2, 0.25) is 0 Å². The van der Waals surface area contributed by atoms with E-state index in [0.717, 1.165) is 11.3 Å². The number of hydrogen-bond donors (Lipinski definition) is 1. The van der Waals surface area contributed by atoms with Gasteiger partial charge in [-0.2, -0.15) is 0 Å². The van der Waals surface area contributed by atoms with Gasteiger partial charge < -0.3 is 15.2 Å². The van der Waals surface area contributed by atoms with E-state index in [0.29, 0.717) is 26.4 Å². The van der Waals surface area contributed by atoms with E-state index in [4.69, 9.17) is 15.2 Å². The minimum Gasteiger partial charge on any atom is -0.376 e. The monoisotopic (exact) mass is 224 g/mol. The number of pyridine rings is 1. The van der Waals surface area contributed by atoms with Crippen molar-refractivity contribution in [3.05, 3.63) is 29.6 Å². The van der Waals surface area contributed by atoms with Crippen molar-refractivity contribution in [3.63, 3.8) is 0 Å². The first-order valence-electron chi connectivity index (χ1n) is 5.55. The average molecular weight is 224 g/mol. The highest BCUT2D eigenvalue weighted by Crippen LogP contribution is 2.01. The molecular weight excluding hydrogens is 204 g/mol. The van der Waals surface area contributed by atoms with Crippen molar-refractivity contribution in [2.75, 3.05) is 13.2 Å². The zero-order chi connectivity index (χ0) is 11.8. The molecule has 2 N–H and O–H groups in total. The number of nitrogens with two attached hydrogens (primary N) is 1. The van der Waals surface area contributed by atoms with E-state index in [9.17, 15) is 0 Å². The van der Waals surface area contributed by atoms with Crippen LogP contribution in [0.4, 0.5) is 0 Å². The first kappa shape index (κ1) is 13.1. The van der Waals surface area contributed by atoms with Crippen molar-refractivity contribution in [2.24, 2.45) is 5.73 Å². The van der Waals surface area contributed by atoms with Gasteiger partial charge in [0.25, 0.3) is 0 Å². The van der Waals surface area contributed by atoms with Gasteiger partial charge in [0.15, 0.2) is 0 Å². The lowest BCUT2D eigenvalue weighted by molar-refractivity contribution is 0.0135. The Morgan fingerprint density at radius 1 is 1.31 bits per heavy atom. The molecule has 0 aromatic carbocycles. The standard InChI is InChI=1S/C12H20N2O2/c1-10(2)16-6-5-15-9-12-4-3-11(7-13)8-14-12/h3-4,8,10H,5-7,9,13H2,1-2H3.